The van der Waals surface area contributed by atoms with Crippen molar-refractivity contribution in [2.45, 2.75) is 47.5 Å². The normalized spacial score (nSPS) is 11.1. The largest absolute Gasteiger partial charge is 0.466 e. The van der Waals surface area contributed by atoms with Gasteiger partial charge >= 0.3 is 5.97 Å². The third-order valence-corrected chi connectivity index (χ3v) is 5.56. The van der Waals surface area contributed by atoms with Crippen molar-refractivity contribution in [3.05, 3.63) is 87.7 Å². The smallest absolute Gasteiger partial charge is 0.310 e. The number of nitrogens with one attached hydrogen (secondary N) is 1. The molecule has 6 nitrogen and oxygen atoms in total. The maximum absolute atomic E-state index is 12.3. The van der Waals surface area contributed by atoms with Crippen molar-refractivity contribution in [1.29, 1.82) is 0 Å². The van der Waals surface area contributed by atoms with Crippen LogP contribution >= 0.6 is 0 Å². The molecule has 3 aromatic rings. The Labute approximate surface area is 195 Å². The van der Waals surface area contributed by atoms with Crippen molar-refractivity contribution in [2.24, 2.45) is 5.10 Å². The van der Waals surface area contributed by atoms with Gasteiger partial charge in [-0.1, -0.05) is 35.9 Å². The third-order valence-electron chi connectivity index (χ3n) is 5.56. The van der Waals surface area contributed by atoms with Crippen LogP contribution in [-0.4, -0.2) is 29.3 Å². The van der Waals surface area contributed by atoms with E-state index in [2.05, 4.69) is 21.2 Å². The van der Waals surface area contributed by atoms with Gasteiger partial charge in [-0.3, -0.25) is 9.59 Å². The van der Waals surface area contributed by atoms with Crippen LogP contribution < -0.4 is 5.43 Å². The second kappa shape index (κ2) is 10.8. The molecule has 1 N–H and O–H groups in total. The highest BCUT2D eigenvalue weighted by atomic mass is 16.5. The number of rotatable bonds is 8. The van der Waals surface area contributed by atoms with Gasteiger partial charge in [-0.15, -0.1) is 0 Å². The average molecular weight is 446 g/mol. The molecule has 0 saturated carbocycles. The van der Waals surface area contributed by atoms with Crippen molar-refractivity contribution in [1.82, 2.24) is 9.99 Å². The lowest BCUT2D eigenvalue weighted by atomic mass is 10.0. The third kappa shape index (κ3) is 6.19. The van der Waals surface area contributed by atoms with E-state index in [1.54, 1.807) is 13.1 Å². The highest BCUT2D eigenvalue weighted by Crippen LogP contribution is 2.20. The SMILES string of the molecule is CCOC(=O)Cc1ccc(-n2c(C)cc(/C=N/NC(=O)Cc3ccc(C)cc3C)c2C)cc1. The Kier molecular flexibility index (Phi) is 7.83. The number of benzene rings is 2. The number of aromatic nitrogens is 1. The Morgan fingerprint density at radius 3 is 2.39 bits per heavy atom. The molecule has 0 radical (unpaired) electrons. The van der Waals surface area contributed by atoms with Gasteiger partial charge in [0.05, 0.1) is 25.7 Å². The molecule has 1 aromatic heterocycles. The first-order chi connectivity index (χ1) is 15.8. The van der Waals surface area contributed by atoms with Crippen LogP contribution in [-0.2, 0) is 27.2 Å². The molecule has 3 rings (SSSR count). The van der Waals surface area contributed by atoms with Gasteiger partial charge in [0, 0.05) is 22.6 Å². The monoisotopic (exact) mass is 445 g/mol. The summed E-state index contributed by atoms with van der Waals surface area (Å²) in [4.78, 5) is 24.0. The number of aryl methyl sites for hydroxylation is 3. The summed E-state index contributed by atoms with van der Waals surface area (Å²) < 4.78 is 7.13. The first-order valence-electron chi connectivity index (χ1n) is 11.1. The number of carbonyl (C=O) groups is 2. The number of hydrogen-bond donors (Lipinski definition) is 1. The minimum absolute atomic E-state index is 0.149. The summed E-state index contributed by atoms with van der Waals surface area (Å²) in [7, 11) is 0. The van der Waals surface area contributed by atoms with Crippen molar-refractivity contribution in [3.63, 3.8) is 0 Å². The van der Waals surface area contributed by atoms with Crippen LogP contribution in [0.5, 0.6) is 0 Å². The molecule has 1 amide bonds. The van der Waals surface area contributed by atoms with Crippen LogP contribution in [0.1, 0.15) is 46.1 Å². The molecule has 0 bridgehead atoms. The van der Waals surface area contributed by atoms with Crippen molar-refractivity contribution >= 4 is 18.1 Å². The van der Waals surface area contributed by atoms with Gasteiger partial charge in [0.1, 0.15) is 0 Å². The first-order valence-corrected chi connectivity index (χ1v) is 11.1. The minimum Gasteiger partial charge on any atom is -0.466 e. The molecular formula is C27H31N3O3. The molecule has 0 unspecified atom stereocenters. The molecule has 0 fully saturated rings. The maximum atomic E-state index is 12.3. The molecule has 6 heteroatoms. The van der Waals surface area contributed by atoms with E-state index in [1.165, 1.54) is 5.56 Å². The fourth-order valence-electron chi connectivity index (χ4n) is 3.89. The molecule has 33 heavy (non-hydrogen) atoms. The predicted molar refractivity (Wildman–Crippen MR) is 131 cm³/mol. The Morgan fingerprint density at radius 1 is 1.00 bits per heavy atom. The number of nitrogens with zero attached hydrogens (tertiary/aromatic N) is 2. The molecule has 1 heterocycles. The van der Waals surface area contributed by atoms with E-state index in [0.717, 1.165) is 39.3 Å². The van der Waals surface area contributed by atoms with Crippen LogP contribution in [0.15, 0.2) is 53.6 Å². The van der Waals surface area contributed by atoms with E-state index in [9.17, 15) is 9.59 Å². The Hall–Kier alpha value is -3.67. The van der Waals surface area contributed by atoms with Crippen LogP contribution in [0.2, 0.25) is 0 Å². The van der Waals surface area contributed by atoms with Gasteiger partial charge in [-0.2, -0.15) is 5.10 Å². The Morgan fingerprint density at radius 2 is 1.73 bits per heavy atom. The standard InChI is InChI=1S/C27H31N3O3/c1-6-33-27(32)15-22-8-11-25(12-9-22)30-20(4)14-24(21(30)5)17-28-29-26(31)16-23-10-7-18(2)13-19(23)3/h7-14,17H,6,15-16H2,1-5H3,(H,29,31)/b28-17+. The summed E-state index contributed by atoms with van der Waals surface area (Å²) in [5, 5.41) is 4.17. The zero-order valence-electron chi connectivity index (χ0n) is 19.9. The summed E-state index contributed by atoms with van der Waals surface area (Å²) in [6.45, 7) is 10.3. The quantitative estimate of drug-likeness (QED) is 0.315. The lowest BCUT2D eigenvalue weighted by Gasteiger charge is -2.10. The molecule has 0 aliphatic carbocycles. The summed E-state index contributed by atoms with van der Waals surface area (Å²) >= 11 is 0. The van der Waals surface area contributed by atoms with Gasteiger partial charge in [0.2, 0.25) is 5.91 Å². The summed E-state index contributed by atoms with van der Waals surface area (Å²) in [5.74, 6) is -0.374. The second-order valence-corrected chi connectivity index (χ2v) is 8.21. The van der Waals surface area contributed by atoms with E-state index in [4.69, 9.17) is 4.74 Å². The maximum Gasteiger partial charge on any atom is 0.310 e. The summed E-state index contributed by atoms with van der Waals surface area (Å²) in [6.07, 6.45) is 2.23. The van der Waals surface area contributed by atoms with Gasteiger partial charge in [-0.05, 0) is 69.5 Å². The topological polar surface area (TPSA) is 72.7 Å². The van der Waals surface area contributed by atoms with E-state index in [0.29, 0.717) is 13.0 Å². The number of hydrazone groups is 1. The zero-order chi connectivity index (χ0) is 24.0. The summed E-state index contributed by atoms with van der Waals surface area (Å²) in [6, 6.07) is 15.9. The number of carbonyl (C=O) groups excluding carboxylic acids is 2. The minimum atomic E-state index is -0.225. The summed E-state index contributed by atoms with van der Waals surface area (Å²) in [5.41, 5.74) is 10.8. The van der Waals surface area contributed by atoms with E-state index in [-0.39, 0.29) is 18.3 Å². The number of amides is 1. The fraction of sp³-hybridized carbons (Fsp3) is 0.296. The van der Waals surface area contributed by atoms with Gasteiger partial charge in [-0.25, -0.2) is 5.43 Å². The predicted octanol–water partition coefficient (Wildman–Crippen LogP) is 4.51. The molecule has 0 atom stereocenters. The lowest BCUT2D eigenvalue weighted by molar-refractivity contribution is -0.142. The van der Waals surface area contributed by atoms with Gasteiger partial charge in [0.25, 0.3) is 0 Å². The first kappa shape index (κ1) is 24.0. The van der Waals surface area contributed by atoms with Gasteiger partial charge < -0.3 is 9.30 Å². The molecule has 2 aromatic carbocycles. The van der Waals surface area contributed by atoms with E-state index in [1.807, 2.05) is 70.2 Å². The molecule has 0 spiro atoms. The molecule has 0 aliphatic rings. The lowest BCUT2D eigenvalue weighted by Crippen LogP contribution is -2.20. The Balaban J connectivity index is 1.67. The Bertz CT molecular complexity index is 1170. The van der Waals surface area contributed by atoms with Gasteiger partial charge in [0.15, 0.2) is 0 Å². The molecule has 0 aliphatic heterocycles. The highest BCUT2D eigenvalue weighted by molar-refractivity contribution is 5.85. The van der Waals surface area contributed by atoms with Crippen molar-refractivity contribution in [3.8, 4) is 5.69 Å². The van der Waals surface area contributed by atoms with Crippen molar-refractivity contribution in [2.75, 3.05) is 6.61 Å². The average Bonchev–Trinajstić information content (AvgIpc) is 3.04. The van der Waals surface area contributed by atoms with E-state index >= 15 is 0 Å². The van der Waals surface area contributed by atoms with Crippen LogP contribution in [0.3, 0.4) is 0 Å². The highest BCUT2D eigenvalue weighted by Gasteiger charge is 2.11. The van der Waals surface area contributed by atoms with E-state index < -0.39 is 0 Å². The molecular weight excluding hydrogens is 414 g/mol. The second-order valence-electron chi connectivity index (χ2n) is 8.21. The number of ether oxygens (including phenoxy) is 1. The molecule has 0 saturated heterocycles. The number of esters is 1. The zero-order valence-corrected chi connectivity index (χ0v) is 19.9. The van der Waals surface area contributed by atoms with Crippen LogP contribution in [0.25, 0.3) is 5.69 Å². The number of hydrogen-bond acceptors (Lipinski definition) is 4. The van der Waals surface area contributed by atoms with Crippen molar-refractivity contribution < 1.29 is 14.3 Å². The fourth-order valence-corrected chi connectivity index (χ4v) is 3.89. The van der Waals surface area contributed by atoms with Crippen LogP contribution in [0.4, 0.5) is 0 Å². The van der Waals surface area contributed by atoms with Crippen LogP contribution in [0, 0.1) is 27.7 Å². The molecule has 172 valence electrons.